The highest BCUT2D eigenvalue weighted by Gasteiger charge is 2.33. The fourth-order valence-electron chi connectivity index (χ4n) is 5.06. The maximum Gasteiger partial charge on any atom is 0.408 e. The quantitative estimate of drug-likeness (QED) is 0.0754. The molecule has 298 valence electrons. The predicted molar refractivity (Wildman–Crippen MR) is 197 cm³/mol. The number of imidazole rings is 1. The minimum absolute atomic E-state index is 0.000760. The first-order valence-electron chi connectivity index (χ1n) is 17.9. The molecule has 54 heavy (non-hydrogen) atoms. The molecule has 0 aliphatic rings. The Kier molecular flexibility index (Phi) is 18.5. The van der Waals surface area contributed by atoms with E-state index in [0.717, 1.165) is 5.56 Å². The van der Waals surface area contributed by atoms with Crippen LogP contribution in [0, 0.1) is 17.8 Å². The second-order valence-corrected chi connectivity index (χ2v) is 13.7. The van der Waals surface area contributed by atoms with Gasteiger partial charge in [0, 0.05) is 18.3 Å². The molecule has 6 atom stereocenters. The van der Waals surface area contributed by atoms with E-state index in [2.05, 4.69) is 47.4 Å². The Morgan fingerprint density at radius 1 is 0.759 bits per heavy atom. The number of hydrogen-bond acceptors (Lipinski definition) is 10. The molecule has 1 aromatic heterocycles. The van der Waals surface area contributed by atoms with E-state index in [-0.39, 0.29) is 37.2 Å². The second-order valence-electron chi connectivity index (χ2n) is 13.7. The maximum absolute atomic E-state index is 13.6. The van der Waals surface area contributed by atoms with Crippen LogP contribution in [0.3, 0.4) is 0 Å². The smallest absolute Gasteiger partial charge is 0.408 e. The topological polar surface area (TPSA) is 251 Å². The Bertz CT molecular complexity index is 1540. The molecule has 0 unspecified atom stereocenters. The van der Waals surface area contributed by atoms with E-state index in [9.17, 15) is 33.6 Å². The van der Waals surface area contributed by atoms with Crippen molar-refractivity contribution < 1.29 is 43.0 Å². The molecule has 1 aromatic carbocycles. The SMILES string of the molecule is CC[C@H](C)[C@H](NC(=O)NNC(=O)[C@H](Cc1cnc[nH]1)NC(=O)[C@H](CC(C)C)NC(=O)[C@H](C)NC(=O)OCc1ccccc1)C(=O)N[C@H](C(=O)OC)C(C)C. The molecule has 7 amide bonds. The van der Waals surface area contributed by atoms with Crippen molar-refractivity contribution >= 4 is 41.7 Å². The largest absolute Gasteiger partial charge is 0.467 e. The summed E-state index contributed by atoms with van der Waals surface area (Å²) < 4.78 is 9.98. The van der Waals surface area contributed by atoms with Gasteiger partial charge in [-0.15, -0.1) is 0 Å². The van der Waals surface area contributed by atoms with E-state index in [1.54, 1.807) is 45.0 Å². The van der Waals surface area contributed by atoms with Crippen molar-refractivity contribution in [3.05, 3.63) is 54.1 Å². The van der Waals surface area contributed by atoms with Crippen LogP contribution in [-0.2, 0) is 46.5 Å². The third-order valence-corrected chi connectivity index (χ3v) is 8.39. The van der Waals surface area contributed by atoms with Crippen molar-refractivity contribution in [2.24, 2.45) is 17.8 Å². The third kappa shape index (κ3) is 15.1. The average molecular weight is 758 g/mol. The molecule has 0 spiro atoms. The van der Waals surface area contributed by atoms with Gasteiger partial charge in [0.25, 0.3) is 5.91 Å². The number of carbonyl (C=O) groups is 7. The van der Waals surface area contributed by atoms with Gasteiger partial charge >= 0.3 is 18.1 Å². The fraction of sp³-hybridized carbons (Fsp3) is 0.556. The number of nitrogens with one attached hydrogen (secondary N) is 8. The number of hydrazine groups is 1. The normalized spacial score (nSPS) is 14.3. The van der Waals surface area contributed by atoms with E-state index in [1.807, 2.05) is 26.8 Å². The van der Waals surface area contributed by atoms with Gasteiger partial charge < -0.3 is 41.0 Å². The molecule has 0 saturated heterocycles. The Balaban J connectivity index is 2.10. The Morgan fingerprint density at radius 2 is 1.43 bits per heavy atom. The average Bonchev–Trinajstić information content (AvgIpc) is 3.66. The lowest BCUT2D eigenvalue weighted by Gasteiger charge is -2.27. The van der Waals surface area contributed by atoms with Crippen molar-refractivity contribution in [3.8, 4) is 0 Å². The van der Waals surface area contributed by atoms with Gasteiger partial charge in [-0.25, -0.2) is 24.8 Å². The van der Waals surface area contributed by atoms with Crippen molar-refractivity contribution in [2.45, 2.75) is 105 Å². The number of H-pyrrole nitrogens is 1. The third-order valence-electron chi connectivity index (χ3n) is 8.39. The van der Waals surface area contributed by atoms with Crippen LogP contribution in [0.4, 0.5) is 9.59 Å². The number of esters is 1. The number of rotatable bonds is 19. The minimum Gasteiger partial charge on any atom is -0.467 e. The van der Waals surface area contributed by atoms with E-state index >= 15 is 0 Å². The molecule has 2 aromatic rings. The summed E-state index contributed by atoms with van der Waals surface area (Å²) in [6.45, 7) is 12.2. The lowest BCUT2D eigenvalue weighted by molar-refractivity contribution is -0.146. The lowest BCUT2D eigenvalue weighted by Crippen LogP contribution is -2.61. The number of amides is 7. The Hall–Kier alpha value is -5.68. The van der Waals surface area contributed by atoms with Gasteiger partial charge in [0.1, 0.15) is 36.8 Å². The van der Waals surface area contributed by atoms with Crippen LogP contribution in [0.5, 0.6) is 0 Å². The number of alkyl carbamates (subject to hydrolysis) is 1. The summed E-state index contributed by atoms with van der Waals surface area (Å²) in [5.74, 6) is -4.16. The number of aromatic nitrogens is 2. The van der Waals surface area contributed by atoms with Gasteiger partial charge in [-0.05, 0) is 36.7 Å². The molecule has 18 heteroatoms. The van der Waals surface area contributed by atoms with Crippen LogP contribution in [0.2, 0.25) is 0 Å². The molecule has 0 aliphatic carbocycles. The number of urea groups is 1. The summed E-state index contributed by atoms with van der Waals surface area (Å²) in [6.07, 6.45) is 2.64. The highest BCUT2D eigenvalue weighted by Crippen LogP contribution is 2.11. The van der Waals surface area contributed by atoms with E-state index in [4.69, 9.17) is 9.47 Å². The number of benzene rings is 1. The standard InChI is InChI=1S/C36H55N9O9/c1-9-22(6)29(33(49)42-28(21(4)5)34(50)53-8)43-35(51)45-44-32(48)27(16-25-17-37-19-38-25)41-31(47)26(15-20(2)3)40-30(46)23(7)39-36(52)54-18-24-13-11-10-12-14-24/h10-14,17,19-23,26-29H,9,15-16,18H2,1-8H3,(H,37,38)(H,39,52)(H,40,46)(H,41,47)(H,42,49)(H,44,48)(H2,43,45,51)/t22-,23-,26-,27-,28-,29-/m0/s1. The lowest BCUT2D eigenvalue weighted by atomic mass is 9.97. The van der Waals surface area contributed by atoms with Crippen LogP contribution >= 0.6 is 0 Å². The summed E-state index contributed by atoms with van der Waals surface area (Å²) in [5, 5.41) is 12.9. The van der Waals surface area contributed by atoms with Crippen molar-refractivity contribution in [2.75, 3.05) is 7.11 Å². The number of hydrogen-bond donors (Lipinski definition) is 8. The summed E-state index contributed by atoms with van der Waals surface area (Å²) in [4.78, 5) is 97.6. The van der Waals surface area contributed by atoms with Crippen LogP contribution in [0.1, 0.15) is 72.6 Å². The molecule has 8 N–H and O–H groups in total. The highest BCUT2D eigenvalue weighted by molar-refractivity contribution is 5.95. The van der Waals surface area contributed by atoms with E-state index in [0.29, 0.717) is 12.1 Å². The molecule has 0 radical (unpaired) electrons. The van der Waals surface area contributed by atoms with Gasteiger partial charge in [-0.3, -0.25) is 24.6 Å². The zero-order valence-corrected chi connectivity index (χ0v) is 32.1. The summed E-state index contributed by atoms with van der Waals surface area (Å²) in [6, 6.07) is 2.59. The highest BCUT2D eigenvalue weighted by atomic mass is 16.5. The van der Waals surface area contributed by atoms with Gasteiger partial charge in [0.2, 0.25) is 17.7 Å². The second kappa shape index (κ2) is 22.4. The molecule has 0 bridgehead atoms. The molecule has 0 aliphatic heterocycles. The van der Waals surface area contributed by atoms with Crippen LogP contribution in [0.15, 0.2) is 42.9 Å². The molecule has 1 heterocycles. The first kappa shape index (κ1) is 44.5. The number of carbonyl (C=O) groups excluding carboxylic acids is 7. The molecular formula is C36H55N9O9. The predicted octanol–water partition coefficient (Wildman–Crippen LogP) is 1.34. The fourth-order valence-corrected chi connectivity index (χ4v) is 5.06. The summed E-state index contributed by atoms with van der Waals surface area (Å²) >= 11 is 0. The molecule has 2 rings (SSSR count). The van der Waals surface area contributed by atoms with Crippen LogP contribution in [-0.4, -0.2) is 89.0 Å². The van der Waals surface area contributed by atoms with Gasteiger partial charge in [0.05, 0.1) is 13.4 Å². The Labute approximate surface area is 315 Å². The molecule has 0 saturated carbocycles. The van der Waals surface area contributed by atoms with Gasteiger partial charge in [-0.2, -0.15) is 0 Å². The van der Waals surface area contributed by atoms with Crippen LogP contribution in [0.25, 0.3) is 0 Å². The number of ether oxygens (including phenoxy) is 2. The summed E-state index contributed by atoms with van der Waals surface area (Å²) in [5.41, 5.74) is 5.73. The monoisotopic (exact) mass is 757 g/mol. The van der Waals surface area contributed by atoms with Crippen molar-refractivity contribution in [3.63, 3.8) is 0 Å². The Morgan fingerprint density at radius 3 is 2.00 bits per heavy atom. The van der Waals surface area contributed by atoms with Gasteiger partial charge in [0.15, 0.2) is 0 Å². The zero-order chi connectivity index (χ0) is 40.4. The molecular weight excluding hydrogens is 702 g/mol. The minimum atomic E-state index is -1.27. The molecule has 18 nitrogen and oxygen atoms in total. The first-order valence-corrected chi connectivity index (χ1v) is 17.9. The van der Waals surface area contributed by atoms with E-state index < -0.39 is 71.9 Å². The first-order chi connectivity index (χ1) is 25.6. The van der Waals surface area contributed by atoms with Crippen molar-refractivity contribution in [1.29, 1.82) is 0 Å². The number of methoxy groups -OCH3 is 1. The molecule has 0 fully saturated rings. The zero-order valence-electron chi connectivity index (χ0n) is 32.1. The van der Waals surface area contributed by atoms with Gasteiger partial charge in [-0.1, -0.05) is 78.3 Å². The van der Waals surface area contributed by atoms with Crippen LogP contribution < -0.4 is 37.4 Å². The number of nitrogens with zero attached hydrogens (tertiary/aromatic N) is 1. The summed E-state index contributed by atoms with van der Waals surface area (Å²) in [7, 11) is 1.21. The number of aromatic amines is 1. The van der Waals surface area contributed by atoms with Crippen molar-refractivity contribution in [1.82, 2.24) is 47.4 Å². The maximum atomic E-state index is 13.6. The van der Waals surface area contributed by atoms with E-state index in [1.165, 1.54) is 26.6 Å².